The van der Waals surface area contributed by atoms with Crippen LogP contribution in [0.5, 0.6) is 0 Å². The maximum Gasteiger partial charge on any atom is 0.217 e. The third kappa shape index (κ3) is 6.55. The smallest absolute Gasteiger partial charge is 0.217 e. The summed E-state index contributed by atoms with van der Waals surface area (Å²) in [4.78, 5) is 11.6. The van der Waals surface area contributed by atoms with Gasteiger partial charge in [0.2, 0.25) is 5.91 Å². The molecule has 216 valence electrons. The van der Waals surface area contributed by atoms with Gasteiger partial charge in [0.05, 0.1) is 19.8 Å². The van der Waals surface area contributed by atoms with Crippen molar-refractivity contribution in [1.29, 1.82) is 0 Å². The number of aliphatic hydroxyl groups excluding tert-OH is 10. The molecule has 3 aliphatic rings. The van der Waals surface area contributed by atoms with E-state index in [1.165, 1.54) is 0 Å². The summed E-state index contributed by atoms with van der Waals surface area (Å²) in [5.41, 5.74) is 0. The first-order valence-electron chi connectivity index (χ1n) is 11.6. The van der Waals surface area contributed by atoms with E-state index >= 15 is 0 Å². The van der Waals surface area contributed by atoms with Gasteiger partial charge in [0, 0.05) is 6.92 Å². The number of ether oxygens (including phenoxy) is 5. The van der Waals surface area contributed by atoms with Gasteiger partial charge in [-0.3, -0.25) is 4.79 Å². The van der Waals surface area contributed by atoms with Gasteiger partial charge in [0.15, 0.2) is 18.9 Å². The van der Waals surface area contributed by atoms with E-state index in [4.69, 9.17) is 23.7 Å². The van der Waals surface area contributed by atoms with E-state index in [1.54, 1.807) is 0 Å². The van der Waals surface area contributed by atoms with E-state index < -0.39 is 118 Å². The van der Waals surface area contributed by atoms with Crippen molar-refractivity contribution in [3.8, 4) is 0 Å². The van der Waals surface area contributed by atoms with Crippen LogP contribution in [-0.2, 0) is 28.5 Å². The van der Waals surface area contributed by atoms with E-state index in [-0.39, 0.29) is 0 Å². The molecule has 3 fully saturated rings. The van der Waals surface area contributed by atoms with Crippen LogP contribution in [0.1, 0.15) is 6.92 Å². The number of aliphatic hydroxyl groups is 10. The molecule has 0 bridgehead atoms. The highest BCUT2D eigenvalue weighted by Gasteiger charge is 2.51. The van der Waals surface area contributed by atoms with Gasteiger partial charge in [-0.1, -0.05) is 0 Å². The summed E-state index contributed by atoms with van der Waals surface area (Å²) in [6.07, 6.45) is -23.0. The largest absolute Gasteiger partial charge is 0.394 e. The van der Waals surface area contributed by atoms with Crippen LogP contribution < -0.4 is 5.32 Å². The van der Waals surface area contributed by atoms with Crippen molar-refractivity contribution in [1.82, 2.24) is 5.32 Å². The number of hydrogen-bond acceptors (Lipinski definition) is 16. The maximum absolute atomic E-state index is 11.6. The lowest BCUT2D eigenvalue weighted by Gasteiger charge is -2.46. The van der Waals surface area contributed by atoms with E-state index in [2.05, 4.69) is 5.32 Å². The summed E-state index contributed by atoms with van der Waals surface area (Å²) >= 11 is 0. The molecule has 0 aliphatic carbocycles. The molecule has 0 aromatic heterocycles. The lowest BCUT2D eigenvalue weighted by atomic mass is 9.96. The van der Waals surface area contributed by atoms with Crippen molar-refractivity contribution in [2.45, 2.75) is 99.0 Å². The number of hydrogen-bond donors (Lipinski definition) is 11. The van der Waals surface area contributed by atoms with Crippen LogP contribution in [-0.4, -0.2) is 169 Å². The molecule has 0 aromatic rings. The molecule has 0 radical (unpaired) electrons. The fraction of sp³-hybridized carbons (Fsp3) is 0.950. The van der Waals surface area contributed by atoms with Gasteiger partial charge in [0.25, 0.3) is 0 Å². The molecular formula is C20H35NO16. The maximum atomic E-state index is 11.6. The second-order valence-electron chi connectivity index (χ2n) is 9.11. The lowest BCUT2D eigenvalue weighted by Crippen LogP contribution is -2.66. The van der Waals surface area contributed by atoms with Gasteiger partial charge in [-0.25, -0.2) is 0 Å². The average molecular weight is 545 g/mol. The molecule has 1 amide bonds. The van der Waals surface area contributed by atoms with Crippen LogP contribution in [0.4, 0.5) is 0 Å². The predicted octanol–water partition coefficient (Wildman–Crippen LogP) is -7.43. The summed E-state index contributed by atoms with van der Waals surface area (Å²) in [5.74, 6) is -0.601. The van der Waals surface area contributed by atoms with E-state index in [0.717, 1.165) is 6.92 Å². The van der Waals surface area contributed by atoms with Crippen molar-refractivity contribution < 1.29 is 79.5 Å². The molecule has 37 heavy (non-hydrogen) atoms. The Morgan fingerprint density at radius 3 is 1.89 bits per heavy atom. The molecule has 0 saturated carbocycles. The highest BCUT2D eigenvalue weighted by molar-refractivity contribution is 5.73. The topological polar surface area (TPSA) is 278 Å². The molecular weight excluding hydrogens is 510 g/mol. The predicted molar refractivity (Wildman–Crippen MR) is 113 cm³/mol. The lowest BCUT2D eigenvalue weighted by molar-refractivity contribution is -0.360. The summed E-state index contributed by atoms with van der Waals surface area (Å²) < 4.78 is 26.9. The molecule has 0 spiro atoms. The van der Waals surface area contributed by atoms with Crippen molar-refractivity contribution >= 4 is 5.91 Å². The molecule has 3 aliphatic heterocycles. The van der Waals surface area contributed by atoms with Crippen LogP contribution in [0.15, 0.2) is 0 Å². The molecule has 17 nitrogen and oxygen atoms in total. The van der Waals surface area contributed by atoms with Gasteiger partial charge in [-0.05, 0) is 0 Å². The Bertz CT molecular complexity index is 745. The first-order valence-corrected chi connectivity index (χ1v) is 11.6. The molecule has 15 atom stereocenters. The minimum Gasteiger partial charge on any atom is -0.394 e. The molecule has 3 heterocycles. The quantitative estimate of drug-likeness (QED) is 0.135. The van der Waals surface area contributed by atoms with Crippen LogP contribution in [0, 0.1) is 0 Å². The van der Waals surface area contributed by atoms with Gasteiger partial charge in [-0.2, -0.15) is 0 Å². The number of carbonyl (C=O) groups is 1. The van der Waals surface area contributed by atoms with Gasteiger partial charge in [-0.15, -0.1) is 0 Å². The van der Waals surface area contributed by atoms with Gasteiger partial charge < -0.3 is 80.1 Å². The van der Waals surface area contributed by atoms with E-state index in [0.29, 0.717) is 0 Å². The Morgan fingerprint density at radius 1 is 0.703 bits per heavy atom. The highest BCUT2D eigenvalue weighted by atomic mass is 16.7. The second-order valence-corrected chi connectivity index (χ2v) is 9.11. The third-order valence-electron chi connectivity index (χ3n) is 6.47. The standard InChI is InChI=1S/C20H35NO16/c1-5(24)21-9-12(27)10(25)6(2-22)35-19(9)33-4-8-11(26)13(28)16(31)20(36-8)37-17-7(3-23)34-18(32)15(30)14(17)29/h6-20,22-23,25-32H,2-4H2,1H3,(H,21,24)/t6-,7-,8-,9-,10-,11+,12-,13+,14-,15-,16+,17-,18+,19-,20+/m1/s1. The average Bonchev–Trinajstić information content (AvgIpc) is 2.86. The van der Waals surface area contributed by atoms with Crippen LogP contribution >= 0.6 is 0 Å². The Balaban J connectivity index is 1.71. The number of rotatable bonds is 8. The van der Waals surface area contributed by atoms with Crippen molar-refractivity contribution in [2.75, 3.05) is 19.8 Å². The first-order chi connectivity index (χ1) is 17.4. The van der Waals surface area contributed by atoms with Gasteiger partial charge in [0.1, 0.15) is 73.2 Å². The Morgan fingerprint density at radius 2 is 1.30 bits per heavy atom. The first kappa shape index (κ1) is 30.4. The third-order valence-corrected chi connectivity index (χ3v) is 6.47. The molecule has 0 aromatic carbocycles. The van der Waals surface area contributed by atoms with Crippen LogP contribution in [0.3, 0.4) is 0 Å². The van der Waals surface area contributed by atoms with Crippen LogP contribution in [0.2, 0.25) is 0 Å². The van der Waals surface area contributed by atoms with E-state index in [1.807, 2.05) is 0 Å². The normalized spacial score (nSPS) is 49.0. The number of nitrogens with one attached hydrogen (secondary N) is 1. The monoisotopic (exact) mass is 545 g/mol. The zero-order valence-corrected chi connectivity index (χ0v) is 19.7. The Labute approximate surface area is 210 Å². The SMILES string of the molecule is CC(=O)N[C@H]1[C@H](OC[C@H]2O[C@@H](O[C@H]3[C@H](O)[C@@H](O)[C@@H](O)O[C@@H]3CO)[C@@H](O)[C@@H](O)[C@H]2O)O[C@H](CO)[C@@H](O)[C@@H]1O. The van der Waals surface area contributed by atoms with Crippen molar-refractivity contribution in [3.05, 3.63) is 0 Å². The molecule has 3 rings (SSSR count). The Hall–Kier alpha value is -1.13. The Kier molecular flexibility index (Phi) is 10.5. The second kappa shape index (κ2) is 12.8. The minimum atomic E-state index is -1.88. The number of carbonyl (C=O) groups excluding carboxylic acids is 1. The molecule has 0 unspecified atom stereocenters. The molecule has 3 saturated heterocycles. The van der Waals surface area contributed by atoms with Crippen molar-refractivity contribution in [2.24, 2.45) is 0 Å². The fourth-order valence-corrected chi connectivity index (χ4v) is 4.36. The summed E-state index contributed by atoms with van der Waals surface area (Å²) in [5, 5.41) is 103. The fourth-order valence-electron chi connectivity index (χ4n) is 4.36. The summed E-state index contributed by atoms with van der Waals surface area (Å²) in [6, 6.07) is -1.30. The zero-order valence-electron chi connectivity index (χ0n) is 19.7. The summed E-state index contributed by atoms with van der Waals surface area (Å²) in [6.45, 7) is -0.926. The van der Waals surface area contributed by atoms with Crippen molar-refractivity contribution in [3.63, 3.8) is 0 Å². The molecule has 17 heteroatoms. The van der Waals surface area contributed by atoms with E-state index in [9.17, 15) is 55.9 Å². The minimum absolute atomic E-state index is 0.596. The zero-order chi connectivity index (χ0) is 27.6. The summed E-state index contributed by atoms with van der Waals surface area (Å²) in [7, 11) is 0. The molecule has 11 N–H and O–H groups in total. The number of amides is 1. The highest BCUT2D eigenvalue weighted by Crippen LogP contribution is 2.30. The van der Waals surface area contributed by atoms with Gasteiger partial charge >= 0.3 is 0 Å². The van der Waals surface area contributed by atoms with Crippen LogP contribution in [0.25, 0.3) is 0 Å².